The molecule has 1 atom stereocenters. The number of sulfonamides is 1. The van der Waals surface area contributed by atoms with Gasteiger partial charge in [0.15, 0.2) is 0 Å². The maximum atomic E-state index is 13.3. The van der Waals surface area contributed by atoms with Crippen molar-refractivity contribution in [2.45, 2.75) is 37.3 Å². The number of rotatable bonds is 7. The van der Waals surface area contributed by atoms with Crippen molar-refractivity contribution in [2.24, 2.45) is 0 Å². The van der Waals surface area contributed by atoms with E-state index in [-0.39, 0.29) is 30.0 Å². The van der Waals surface area contributed by atoms with Gasteiger partial charge in [-0.05, 0) is 48.7 Å². The molecule has 0 radical (unpaired) electrons. The third kappa shape index (κ3) is 5.12. The Labute approximate surface area is 159 Å². The zero-order valence-corrected chi connectivity index (χ0v) is 16.0. The summed E-state index contributed by atoms with van der Waals surface area (Å²) in [4.78, 5) is 15.4. The maximum Gasteiger partial charge on any atom is 0.243 e. The molecule has 1 unspecified atom stereocenters. The first-order valence-electron chi connectivity index (χ1n) is 8.83. The van der Waals surface area contributed by atoms with Crippen LogP contribution in [0.15, 0.2) is 53.7 Å². The minimum atomic E-state index is -3.76. The lowest BCUT2D eigenvalue weighted by atomic mass is 10.2. The van der Waals surface area contributed by atoms with Gasteiger partial charge in [-0.2, -0.15) is 4.31 Å². The van der Waals surface area contributed by atoms with Crippen LogP contribution in [-0.2, 0) is 26.1 Å². The van der Waals surface area contributed by atoms with Crippen LogP contribution in [-0.4, -0.2) is 42.9 Å². The second-order valence-corrected chi connectivity index (χ2v) is 8.44. The summed E-state index contributed by atoms with van der Waals surface area (Å²) in [6.45, 7) is 2.56. The number of ether oxygens (including phenoxy) is 1. The predicted molar refractivity (Wildman–Crippen MR) is 102 cm³/mol. The molecule has 0 aliphatic carbocycles. The van der Waals surface area contributed by atoms with Gasteiger partial charge in [0.05, 0.1) is 11.0 Å². The van der Waals surface area contributed by atoms with Crippen LogP contribution in [0.4, 0.5) is 5.69 Å². The molecule has 1 aromatic carbocycles. The lowest BCUT2D eigenvalue weighted by molar-refractivity contribution is -0.114. The fraction of sp³-hybridized carbons (Fsp3) is 0.368. The number of carbonyl (C=O) groups excluding carboxylic acids is 1. The number of hydrogen-bond acceptors (Lipinski definition) is 5. The third-order valence-electron chi connectivity index (χ3n) is 4.33. The minimum Gasteiger partial charge on any atom is -0.377 e. The topological polar surface area (TPSA) is 88.6 Å². The lowest BCUT2D eigenvalue weighted by Gasteiger charge is -2.25. The van der Waals surface area contributed by atoms with Crippen LogP contribution < -0.4 is 5.32 Å². The highest BCUT2D eigenvalue weighted by Gasteiger charge is 2.29. The molecule has 1 saturated heterocycles. The van der Waals surface area contributed by atoms with Crippen LogP contribution in [0.3, 0.4) is 0 Å². The van der Waals surface area contributed by atoms with Gasteiger partial charge in [0.1, 0.15) is 0 Å². The molecule has 2 aromatic rings. The van der Waals surface area contributed by atoms with Gasteiger partial charge in [0, 0.05) is 44.7 Å². The molecule has 7 nitrogen and oxygen atoms in total. The zero-order chi connectivity index (χ0) is 19.3. The van der Waals surface area contributed by atoms with E-state index in [0.29, 0.717) is 12.3 Å². The van der Waals surface area contributed by atoms with E-state index >= 15 is 0 Å². The van der Waals surface area contributed by atoms with E-state index in [4.69, 9.17) is 4.74 Å². The molecule has 3 rings (SSSR count). The normalized spacial score (nSPS) is 17.2. The number of benzene rings is 1. The summed E-state index contributed by atoms with van der Waals surface area (Å²) in [5, 5.41) is 2.62. The summed E-state index contributed by atoms with van der Waals surface area (Å²) in [7, 11) is -3.76. The summed E-state index contributed by atoms with van der Waals surface area (Å²) in [6, 6.07) is 9.89. The number of aromatic nitrogens is 1. The zero-order valence-electron chi connectivity index (χ0n) is 15.2. The molecule has 1 aliphatic rings. The van der Waals surface area contributed by atoms with Gasteiger partial charge in [0.2, 0.25) is 15.9 Å². The standard InChI is InChI=1S/C19H23N3O4S/c1-15(23)21-17-4-2-6-19(12-17)27(24,25)22(14-18-5-3-11-26-18)13-16-7-9-20-10-8-16/h2,4,6-10,12,18H,3,5,11,13-14H2,1H3,(H,21,23). The first-order chi connectivity index (χ1) is 12.9. The molecule has 1 aromatic heterocycles. The minimum absolute atomic E-state index is 0.111. The van der Waals surface area contributed by atoms with Gasteiger partial charge in [0.25, 0.3) is 0 Å². The number of nitrogens with zero attached hydrogens (tertiary/aromatic N) is 2. The van der Waals surface area contributed by atoms with E-state index in [1.54, 1.807) is 36.7 Å². The molecule has 0 spiro atoms. The molecule has 1 fully saturated rings. The maximum absolute atomic E-state index is 13.3. The molecule has 2 heterocycles. The predicted octanol–water partition coefficient (Wildman–Crippen LogP) is 2.41. The van der Waals surface area contributed by atoms with Crippen molar-refractivity contribution in [3.63, 3.8) is 0 Å². The largest absolute Gasteiger partial charge is 0.377 e. The Morgan fingerprint density at radius 1 is 1.30 bits per heavy atom. The van der Waals surface area contributed by atoms with Crippen molar-refractivity contribution in [3.05, 3.63) is 54.4 Å². The Bertz CT molecular complexity index is 881. The average Bonchev–Trinajstić information content (AvgIpc) is 3.15. The van der Waals surface area contributed by atoms with Crippen molar-refractivity contribution in [1.29, 1.82) is 0 Å². The van der Waals surface area contributed by atoms with Crippen LogP contribution in [0.25, 0.3) is 0 Å². The first kappa shape index (κ1) is 19.5. The Morgan fingerprint density at radius 2 is 2.07 bits per heavy atom. The van der Waals surface area contributed by atoms with E-state index in [1.807, 2.05) is 0 Å². The summed E-state index contributed by atoms with van der Waals surface area (Å²) in [6.07, 6.45) is 4.95. The van der Waals surface area contributed by atoms with Crippen molar-refractivity contribution in [3.8, 4) is 0 Å². The summed E-state index contributed by atoms with van der Waals surface area (Å²) < 4.78 is 33.7. The van der Waals surface area contributed by atoms with Crippen LogP contribution in [0.1, 0.15) is 25.3 Å². The third-order valence-corrected chi connectivity index (χ3v) is 6.14. The second-order valence-electron chi connectivity index (χ2n) is 6.50. The van der Waals surface area contributed by atoms with Crippen molar-refractivity contribution in [2.75, 3.05) is 18.5 Å². The lowest BCUT2D eigenvalue weighted by Crippen LogP contribution is -2.37. The van der Waals surface area contributed by atoms with Crippen molar-refractivity contribution in [1.82, 2.24) is 9.29 Å². The molecule has 27 heavy (non-hydrogen) atoms. The number of hydrogen-bond donors (Lipinski definition) is 1. The summed E-state index contributed by atoms with van der Waals surface area (Å²) in [5.74, 6) is -0.252. The quantitative estimate of drug-likeness (QED) is 0.786. The Morgan fingerprint density at radius 3 is 2.74 bits per heavy atom. The van der Waals surface area contributed by atoms with Crippen molar-refractivity contribution >= 4 is 21.6 Å². The van der Waals surface area contributed by atoms with Gasteiger partial charge in [-0.15, -0.1) is 0 Å². The van der Waals surface area contributed by atoms with Crippen LogP contribution in [0.5, 0.6) is 0 Å². The van der Waals surface area contributed by atoms with E-state index in [9.17, 15) is 13.2 Å². The molecular weight excluding hydrogens is 366 g/mol. The molecule has 0 bridgehead atoms. The van der Waals surface area contributed by atoms with Gasteiger partial charge in [-0.1, -0.05) is 6.07 Å². The summed E-state index contributed by atoms with van der Waals surface area (Å²) in [5.41, 5.74) is 1.30. The van der Waals surface area contributed by atoms with Crippen LogP contribution >= 0.6 is 0 Å². The number of carbonyl (C=O) groups is 1. The van der Waals surface area contributed by atoms with Crippen molar-refractivity contribution < 1.29 is 17.9 Å². The SMILES string of the molecule is CC(=O)Nc1cccc(S(=O)(=O)N(Cc2ccncc2)CC2CCCO2)c1. The fourth-order valence-electron chi connectivity index (χ4n) is 3.04. The Kier molecular flexibility index (Phi) is 6.20. The van der Waals surface area contributed by atoms with E-state index in [0.717, 1.165) is 18.4 Å². The highest BCUT2D eigenvalue weighted by atomic mass is 32.2. The van der Waals surface area contributed by atoms with Crippen LogP contribution in [0, 0.1) is 0 Å². The second kappa shape index (κ2) is 8.60. The Hall–Kier alpha value is -2.29. The molecule has 144 valence electrons. The molecule has 0 saturated carbocycles. The molecule has 1 N–H and O–H groups in total. The highest BCUT2D eigenvalue weighted by molar-refractivity contribution is 7.89. The monoisotopic (exact) mass is 389 g/mol. The van der Waals surface area contributed by atoms with Gasteiger partial charge in [-0.25, -0.2) is 8.42 Å². The van der Waals surface area contributed by atoms with E-state index < -0.39 is 10.0 Å². The first-order valence-corrected chi connectivity index (χ1v) is 10.3. The smallest absolute Gasteiger partial charge is 0.243 e. The van der Waals surface area contributed by atoms with Gasteiger partial charge >= 0.3 is 0 Å². The fourth-order valence-corrected chi connectivity index (χ4v) is 4.55. The highest BCUT2D eigenvalue weighted by Crippen LogP contribution is 2.24. The summed E-state index contributed by atoms with van der Waals surface area (Å²) >= 11 is 0. The molecule has 8 heteroatoms. The number of amides is 1. The average molecular weight is 389 g/mol. The number of anilines is 1. The number of nitrogens with one attached hydrogen (secondary N) is 1. The van der Waals surface area contributed by atoms with Gasteiger partial charge < -0.3 is 10.1 Å². The molecule has 1 aliphatic heterocycles. The van der Waals surface area contributed by atoms with E-state index in [2.05, 4.69) is 10.3 Å². The Balaban J connectivity index is 1.90. The van der Waals surface area contributed by atoms with E-state index in [1.165, 1.54) is 23.4 Å². The number of pyridine rings is 1. The van der Waals surface area contributed by atoms with Gasteiger partial charge in [-0.3, -0.25) is 9.78 Å². The molecule has 1 amide bonds. The van der Waals surface area contributed by atoms with Crippen LogP contribution in [0.2, 0.25) is 0 Å². The molecular formula is C19H23N3O4S.